The number of pyridine rings is 1. The molecule has 2 N–H and O–H groups in total. The predicted octanol–water partition coefficient (Wildman–Crippen LogP) is 2.50. The maximum absolute atomic E-state index is 5.60. The van der Waals surface area contributed by atoms with Gasteiger partial charge >= 0.3 is 0 Å². The zero-order valence-corrected chi connectivity index (χ0v) is 8.62. The van der Waals surface area contributed by atoms with Crippen LogP contribution in [0.5, 0.6) is 0 Å². The number of nitrogens with two attached hydrogens (primary N) is 1. The average Bonchev–Trinajstić information content (AvgIpc) is 2.04. The van der Waals surface area contributed by atoms with E-state index >= 15 is 0 Å². The molecule has 0 saturated heterocycles. The molecule has 1 rings (SSSR count). The van der Waals surface area contributed by atoms with Crippen molar-refractivity contribution < 1.29 is 0 Å². The lowest BCUT2D eigenvalue weighted by molar-refractivity contribution is 0.417. The Morgan fingerprint density at radius 2 is 2.08 bits per heavy atom. The van der Waals surface area contributed by atoms with Crippen LogP contribution in [-0.4, -0.2) is 4.98 Å². The van der Waals surface area contributed by atoms with Crippen LogP contribution in [0.25, 0.3) is 0 Å². The van der Waals surface area contributed by atoms with Crippen LogP contribution >= 0.6 is 0 Å². The Morgan fingerprint density at radius 1 is 1.38 bits per heavy atom. The van der Waals surface area contributed by atoms with Gasteiger partial charge in [0, 0.05) is 6.20 Å². The molecule has 0 bridgehead atoms. The normalized spacial score (nSPS) is 13.2. The number of hydrogen-bond donors (Lipinski definition) is 1. The molecule has 1 unspecified atom stereocenters. The number of aromatic nitrogens is 1. The summed E-state index contributed by atoms with van der Waals surface area (Å²) in [5.41, 5.74) is 6.89. The van der Waals surface area contributed by atoms with Crippen LogP contribution in [0.4, 0.5) is 5.82 Å². The lowest BCUT2D eigenvalue weighted by Crippen LogP contribution is -2.07. The van der Waals surface area contributed by atoms with E-state index < -0.39 is 0 Å². The summed E-state index contributed by atoms with van der Waals surface area (Å²) in [4.78, 5) is 3.97. The summed E-state index contributed by atoms with van der Waals surface area (Å²) in [7, 11) is 0. The summed E-state index contributed by atoms with van der Waals surface area (Å²) < 4.78 is 0. The van der Waals surface area contributed by atoms with Gasteiger partial charge in [-0.3, -0.25) is 0 Å². The van der Waals surface area contributed by atoms with Crippen LogP contribution in [0.3, 0.4) is 0 Å². The van der Waals surface area contributed by atoms with Crippen molar-refractivity contribution in [2.75, 3.05) is 5.73 Å². The van der Waals surface area contributed by atoms with Crippen molar-refractivity contribution in [3.8, 4) is 0 Å². The molecule has 2 heteroatoms. The summed E-state index contributed by atoms with van der Waals surface area (Å²) >= 11 is 0. The molecule has 2 nitrogen and oxygen atoms in total. The van der Waals surface area contributed by atoms with E-state index in [9.17, 15) is 0 Å². The second kappa shape index (κ2) is 4.26. The summed E-state index contributed by atoms with van der Waals surface area (Å²) in [6.45, 7) is 6.76. The van der Waals surface area contributed by atoms with E-state index in [1.54, 1.807) is 6.20 Å². The molecule has 1 atom stereocenters. The van der Waals surface area contributed by atoms with Gasteiger partial charge in [-0.25, -0.2) is 4.98 Å². The molecule has 0 fully saturated rings. The van der Waals surface area contributed by atoms with E-state index in [1.807, 2.05) is 12.1 Å². The average molecular weight is 178 g/mol. The van der Waals surface area contributed by atoms with E-state index in [-0.39, 0.29) is 0 Å². The van der Waals surface area contributed by atoms with Gasteiger partial charge < -0.3 is 5.73 Å². The molecule has 1 heterocycles. The fraction of sp³-hybridized carbons (Fsp3) is 0.545. The highest BCUT2D eigenvalue weighted by Crippen LogP contribution is 2.16. The van der Waals surface area contributed by atoms with Gasteiger partial charge in [0.2, 0.25) is 0 Å². The first-order valence-electron chi connectivity index (χ1n) is 4.80. The van der Waals surface area contributed by atoms with Gasteiger partial charge in [0.15, 0.2) is 0 Å². The van der Waals surface area contributed by atoms with E-state index in [0.29, 0.717) is 11.7 Å². The molecule has 0 spiro atoms. The molecule has 0 amide bonds. The maximum atomic E-state index is 5.60. The van der Waals surface area contributed by atoms with Crippen LogP contribution in [0.2, 0.25) is 0 Å². The molecule has 0 radical (unpaired) electrons. The highest BCUT2D eigenvalue weighted by Gasteiger charge is 2.07. The smallest absolute Gasteiger partial charge is 0.123 e. The highest BCUT2D eigenvalue weighted by atomic mass is 14.8. The predicted molar refractivity (Wildman–Crippen MR) is 56.4 cm³/mol. The molecule has 0 aliphatic heterocycles. The minimum absolute atomic E-state index is 0.619. The Bertz CT molecular complexity index is 269. The molecule has 13 heavy (non-hydrogen) atoms. The number of anilines is 1. The quantitative estimate of drug-likeness (QED) is 0.772. The minimum atomic E-state index is 0.619. The second-order valence-electron chi connectivity index (χ2n) is 4.01. The molecule has 0 aliphatic carbocycles. The zero-order valence-electron chi connectivity index (χ0n) is 8.62. The van der Waals surface area contributed by atoms with Gasteiger partial charge in [0.05, 0.1) is 0 Å². The van der Waals surface area contributed by atoms with Crippen LogP contribution in [-0.2, 0) is 6.42 Å². The Balaban J connectivity index is 2.64. The van der Waals surface area contributed by atoms with Crippen molar-refractivity contribution in [1.29, 1.82) is 0 Å². The van der Waals surface area contributed by atoms with Gasteiger partial charge in [-0.15, -0.1) is 0 Å². The van der Waals surface area contributed by atoms with Crippen LogP contribution in [0.15, 0.2) is 18.3 Å². The Labute approximate surface area is 80.2 Å². The summed E-state index contributed by atoms with van der Waals surface area (Å²) in [5.74, 6) is 2.03. The van der Waals surface area contributed by atoms with E-state index in [0.717, 1.165) is 12.3 Å². The van der Waals surface area contributed by atoms with Crippen molar-refractivity contribution in [1.82, 2.24) is 4.98 Å². The Morgan fingerprint density at radius 3 is 2.62 bits per heavy atom. The van der Waals surface area contributed by atoms with Crippen molar-refractivity contribution in [2.45, 2.75) is 27.2 Å². The third-order valence-electron chi connectivity index (χ3n) is 2.54. The highest BCUT2D eigenvalue weighted by molar-refractivity contribution is 5.31. The first-order chi connectivity index (χ1) is 6.09. The molecule has 0 saturated carbocycles. The van der Waals surface area contributed by atoms with Crippen LogP contribution in [0, 0.1) is 11.8 Å². The number of rotatable bonds is 3. The van der Waals surface area contributed by atoms with Crippen molar-refractivity contribution in [3.63, 3.8) is 0 Å². The lowest BCUT2D eigenvalue weighted by atomic mass is 9.91. The van der Waals surface area contributed by atoms with Gasteiger partial charge in [-0.05, 0) is 36.0 Å². The SMILES string of the molecule is CC(C)C(C)Cc1ccnc(N)c1. The van der Waals surface area contributed by atoms with Gasteiger partial charge in [-0.1, -0.05) is 20.8 Å². The first kappa shape index (κ1) is 10.0. The monoisotopic (exact) mass is 178 g/mol. The van der Waals surface area contributed by atoms with Crippen molar-refractivity contribution in [3.05, 3.63) is 23.9 Å². The fourth-order valence-corrected chi connectivity index (χ4v) is 1.23. The van der Waals surface area contributed by atoms with Gasteiger partial charge in [-0.2, -0.15) is 0 Å². The van der Waals surface area contributed by atoms with E-state index in [4.69, 9.17) is 5.73 Å². The lowest BCUT2D eigenvalue weighted by Gasteiger charge is -2.15. The second-order valence-corrected chi connectivity index (χ2v) is 4.01. The molecule has 72 valence electrons. The molecular formula is C11H18N2. The van der Waals surface area contributed by atoms with E-state index in [1.165, 1.54) is 5.56 Å². The minimum Gasteiger partial charge on any atom is -0.384 e. The van der Waals surface area contributed by atoms with Crippen molar-refractivity contribution in [2.24, 2.45) is 11.8 Å². The summed E-state index contributed by atoms with van der Waals surface area (Å²) in [5, 5.41) is 0. The topological polar surface area (TPSA) is 38.9 Å². The third kappa shape index (κ3) is 3.05. The molecule has 1 aromatic rings. The van der Waals surface area contributed by atoms with Crippen molar-refractivity contribution >= 4 is 5.82 Å². The van der Waals surface area contributed by atoms with Crippen LogP contribution in [0.1, 0.15) is 26.3 Å². The number of hydrogen-bond acceptors (Lipinski definition) is 2. The molecular weight excluding hydrogens is 160 g/mol. The maximum Gasteiger partial charge on any atom is 0.123 e. The van der Waals surface area contributed by atoms with E-state index in [2.05, 4.69) is 25.8 Å². The third-order valence-corrected chi connectivity index (χ3v) is 2.54. The van der Waals surface area contributed by atoms with Gasteiger partial charge in [0.1, 0.15) is 5.82 Å². The van der Waals surface area contributed by atoms with Crippen LogP contribution < -0.4 is 5.73 Å². The zero-order chi connectivity index (χ0) is 9.84. The fourth-order valence-electron chi connectivity index (χ4n) is 1.23. The Hall–Kier alpha value is -1.05. The Kier molecular flexibility index (Phi) is 3.29. The molecule has 1 aromatic heterocycles. The standard InChI is InChI=1S/C11H18N2/c1-8(2)9(3)6-10-4-5-13-11(12)7-10/h4-5,7-9H,6H2,1-3H3,(H2,12,13). The molecule has 0 aliphatic rings. The summed E-state index contributed by atoms with van der Waals surface area (Å²) in [6, 6.07) is 3.99. The first-order valence-corrected chi connectivity index (χ1v) is 4.80. The number of nitrogen functional groups attached to an aromatic ring is 1. The summed E-state index contributed by atoms with van der Waals surface area (Å²) in [6.07, 6.45) is 2.86. The number of nitrogens with zero attached hydrogens (tertiary/aromatic N) is 1. The molecule has 0 aromatic carbocycles. The largest absolute Gasteiger partial charge is 0.384 e. The van der Waals surface area contributed by atoms with Gasteiger partial charge in [0.25, 0.3) is 0 Å².